The zero-order valence-electron chi connectivity index (χ0n) is 10.5. The molecule has 0 aliphatic heterocycles. The van der Waals surface area contributed by atoms with Crippen molar-refractivity contribution in [3.05, 3.63) is 46.1 Å². The molecule has 5 nitrogen and oxygen atoms in total. The number of nitrogens with zero attached hydrogens (tertiary/aromatic N) is 1. The minimum Gasteiger partial charge on any atom is -0.453 e. The third-order valence-electron chi connectivity index (χ3n) is 2.24. The summed E-state index contributed by atoms with van der Waals surface area (Å²) in [5.74, 6) is -0.814. The minimum atomic E-state index is -0.599. The number of hydrogen-bond donors (Lipinski definition) is 1. The molecule has 0 aromatic carbocycles. The number of rotatable bonds is 7. The van der Waals surface area contributed by atoms with Gasteiger partial charge in [-0.25, -0.2) is 9.78 Å². The topological polar surface area (TPSA) is 68.3 Å². The summed E-state index contributed by atoms with van der Waals surface area (Å²) in [7, 11) is 0. The Balaban J connectivity index is 1.87. The Hall–Kier alpha value is -1.99. The van der Waals surface area contributed by atoms with Gasteiger partial charge in [0.2, 0.25) is 5.78 Å². The van der Waals surface area contributed by atoms with Crippen molar-refractivity contribution in [2.75, 3.05) is 18.5 Å². The van der Waals surface area contributed by atoms with Gasteiger partial charge in [0.05, 0.1) is 4.88 Å². The molecule has 0 spiro atoms. The van der Waals surface area contributed by atoms with E-state index in [9.17, 15) is 9.59 Å². The second-order valence-corrected chi connectivity index (χ2v) is 5.49. The van der Waals surface area contributed by atoms with Crippen molar-refractivity contribution < 1.29 is 14.3 Å². The van der Waals surface area contributed by atoms with Crippen LogP contribution in [0.4, 0.5) is 5.13 Å². The van der Waals surface area contributed by atoms with Gasteiger partial charge in [-0.05, 0) is 11.4 Å². The van der Waals surface area contributed by atoms with Crippen molar-refractivity contribution in [1.82, 2.24) is 4.98 Å². The summed E-state index contributed by atoms with van der Waals surface area (Å²) in [5.41, 5.74) is 0.195. The maximum atomic E-state index is 11.7. The van der Waals surface area contributed by atoms with E-state index in [1.165, 1.54) is 22.7 Å². The highest BCUT2D eigenvalue weighted by Crippen LogP contribution is 2.16. The molecule has 2 aromatic rings. The van der Waals surface area contributed by atoms with Crippen molar-refractivity contribution >= 4 is 39.6 Å². The Kier molecular flexibility index (Phi) is 5.03. The third-order valence-corrected chi connectivity index (χ3v) is 3.95. The van der Waals surface area contributed by atoms with E-state index in [1.807, 2.05) is 0 Å². The SMILES string of the molecule is C=CCNc1nc(C(=O)OCC(=O)c2cccs2)cs1. The largest absolute Gasteiger partial charge is 0.453 e. The molecule has 7 heteroatoms. The molecular formula is C13H12N2O3S2. The molecule has 2 rings (SSSR count). The molecule has 20 heavy (non-hydrogen) atoms. The second kappa shape index (κ2) is 6.97. The van der Waals surface area contributed by atoms with Gasteiger partial charge >= 0.3 is 5.97 Å². The van der Waals surface area contributed by atoms with E-state index in [4.69, 9.17) is 4.74 Å². The van der Waals surface area contributed by atoms with Gasteiger partial charge in [0.1, 0.15) is 0 Å². The Morgan fingerprint density at radius 3 is 3.00 bits per heavy atom. The van der Waals surface area contributed by atoms with Gasteiger partial charge in [0.15, 0.2) is 17.4 Å². The van der Waals surface area contributed by atoms with Gasteiger partial charge in [-0.3, -0.25) is 4.79 Å². The van der Waals surface area contributed by atoms with E-state index in [2.05, 4.69) is 16.9 Å². The number of aromatic nitrogens is 1. The minimum absolute atomic E-state index is 0.195. The fraction of sp³-hybridized carbons (Fsp3) is 0.154. The Bertz CT molecular complexity index is 605. The smallest absolute Gasteiger partial charge is 0.358 e. The molecule has 0 atom stereocenters. The highest BCUT2D eigenvalue weighted by atomic mass is 32.1. The van der Waals surface area contributed by atoms with Crippen LogP contribution in [0.3, 0.4) is 0 Å². The number of ether oxygens (including phenoxy) is 1. The van der Waals surface area contributed by atoms with Crippen molar-refractivity contribution in [3.8, 4) is 0 Å². The van der Waals surface area contributed by atoms with Crippen LogP contribution in [0.2, 0.25) is 0 Å². The van der Waals surface area contributed by atoms with Crippen LogP contribution in [0.15, 0.2) is 35.5 Å². The van der Waals surface area contributed by atoms with Gasteiger partial charge in [-0.2, -0.15) is 0 Å². The highest BCUT2D eigenvalue weighted by Gasteiger charge is 2.15. The molecule has 0 amide bonds. The molecule has 0 saturated carbocycles. The molecule has 0 saturated heterocycles. The van der Waals surface area contributed by atoms with Gasteiger partial charge in [-0.15, -0.1) is 29.3 Å². The summed E-state index contributed by atoms with van der Waals surface area (Å²) in [5, 5.41) is 6.97. The Labute approximate surface area is 123 Å². The number of thiazole rings is 1. The van der Waals surface area contributed by atoms with Crippen LogP contribution in [-0.4, -0.2) is 29.9 Å². The lowest BCUT2D eigenvalue weighted by molar-refractivity contribution is 0.0471. The highest BCUT2D eigenvalue weighted by molar-refractivity contribution is 7.13. The molecule has 2 aromatic heterocycles. The molecule has 2 heterocycles. The number of carbonyl (C=O) groups is 2. The van der Waals surface area contributed by atoms with Crippen molar-refractivity contribution in [2.24, 2.45) is 0 Å². The first-order chi connectivity index (χ1) is 9.70. The molecule has 0 unspecified atom stereocenters. The molecular weight excluding hydrogens is 296 g/mol. The number of hydrogen-bond acceptors (Lipinski definition) is 7. The Morgan fingerprint density at radius 2 is 2.30 bits per heavy atom. The number of anilines is 1. The molecule has 0 bridgehead atoms. The summed E-state index contributed by atoms with van der Waals surface area (Å²) in [6.07, 6.45) is 1.69. The molecule has 1 N–H and O–H groups in total. The van der Waals surface area contributed by atoms with Gasteiger partial charge in [0, 0.05) is 11.9 Å². The normalized spacial score (nSPS) is 10.0. The summed E-state index contributed by atoms with van der Waals surface area (Å²) < 4.78 is 4.95. The molecule has 0 fully saturated rings. The standard InChI is InChI=1S/C13H12N2O3S2/c1-2-5-14-13-15-9(8-20-13)12(17)18-7-10(16)11-4-3-6-19-11/h2-4,6,8H,1,5,7H2,(H,14,15). The summed E-state index contributed by atoms with van der Waals surface area (Å²) in [6.45, 7) is 3.87. The number of thiophene rings is 1. The molecule has 104 valence electrons. The third kappa shape index (κ3) is 3.75. The Morgan fingerprint density at radius 1 is 1.45 bits per heavy atom. The first-order valence-electron chi connectivity index (χ1n) is 5.75. The van der Waals surface area contributed by atoms with Crippen LogP contribution in [0.5, 0.6) is 0 Å². The van der Waals surface area contributed by atoms with Crippen LogP contribution >= 0.6 is 22.7 Å². The van der Waals surface area contributed by atoms with Gasteiger partial charge in [0.25, 0.3) is 0 Å². The van der Waals surface area contributed by atoms with Crippen molar-refractivity contribution in [2.45, 2.75) is 0 Å². The lowest BCUT2D eigenvalue weighted by atomic mass is 10.3. The fourth-order valence-corrected chi connectivity index (χ4v) is 2.66. The van der Waals surface area contributed by atoms with E-state index < -0.39 is 5.97 Å². The lowest BCUT2D eigenvalue weighted by Gasteiger charge is -2.00. The summed E-state index contributed by atoms with van der Waals surface area (Å²) in [4.78, 5) is 28.0. The molecule has 0 aliphatic carbocycles. The van der Waals surface area contributed by atoms with E-state index in [1.54, 1.807) is 29.0 Å². The summed E-state index contributed by atoms with van der Waals surface area (Å²) in [6, 6.07) is 3.47. The average molecular weight is 308 g/mol. The van der Waals surface area contributed by atoms with Crippen LogP contribution in [0.25, 0.3) is 0 Å². The fourth-order valence-electron chi connectivity index (χ4n) is 1.32. The second-order valence-electron chi connectivity index (χ2n) is 3.68. The molecule has 0 aliphatic rings. The van der Waals surface area contributed by atoms with E-state index >= 15 is 0 Å². The first kappa shape index (κ1) is 14.4. The number of Topliss-reactive ketones (excluding diaryl/α,β-unsaturated/α-hetero) is 1. The predicted molar refractivity (Wildman–Crippen MR) is 79.7 cm³/mol. The van der Waals surface area contributed by atoms with Crippen LogP contribution < -0.4 is 5.32 Å². The number of nitrogens with one attached hydrogen (secondary N) is 1. The number of ketones is 1. The maximum Gasteiger partial charge on any atom is 0.358 e. The van der Waals surface area contributed by atoms with Crippen LogP contribution in [-0.2, 0) is 4.74 Å². The van der Waals surface area contributed by atoms with E-state index in [0.29, 0.717) is 16.6 Å². The zero-order chi connectivity index (χ0) is 14.4. The number of esters is 1. The monoisotopic (exact) mass is 308 g/mol. The van der Waals surface area contributed by atoms with E-state index in [0.717, 1.165) is 0 Å². The van der Waals surface area contributed by atoms with Crippen molar-refractivity contribution in [1.29, 1.82) is 0 Å². The van der Waals surface area contributed by atoms with Gasteiger partial charge < -0.3 is 10.1 Å². The zero-order valence-corrected chi connectivity index (χ0v) is 12.1. The number of carbonyl (C=O) groups excluding carboxylic acids is 2. The van der Waals surface area contributed by atoms with Crippen LogP contribution in [0.1, 0.15) is 20.2 Å². The van der Waals surface area contributed by atoms with E-state index in [-0.39, 0.29) is 18.1 Å². The lowest BCUT2D eigenvalue weighted by Crippen LogP contribution is -2.13. The van der Waals surface area contributed by atoms with Gasteiger partial charge in [-0.1, -0.05) is 12.1 Å². The van der Waals surface area contributed by atoms with Crippen molar-refractivity contribution in [3.63, 3.8) is 0 Å². The molecule has 0 radical (unpaired) electrons. The maximum absolute atomic E-state index is 11.7. The average Bonchev–Trinajstić information content (AvgIpc) is 3.12. The quantitative estimate of drug-likeness (QED) is 0.484. The van der Waals surface area contributed by atoms with Crippen LogP contribution in [0, 0.1) is 0 Å². The first-order valence-corrected chi connectivity index (χ1v) is 7.50. The predicted octanol–water partition coefficient (Wildman–Crippen LogP) is 2.84. The summed E-state index contributed by atoms with van der Waals surface area (Å²) >= 11 is 2.61.